The fourth-order valence-corrected chi connectivity index (χ4v) is 3.68. The van der Waals surface area contributed by atoms with E-state index in [2.05, 4.69) is 32.3 Å². The van der Waals surface area contributed by atoms with Gasteiger partial charge in [-0.05, 0) is 22.4 Å². The molecule has 0 saturated carbocycles. The fraction of sp³-hybridized carbons (Fsp3) is 0.400. The number of aliphatic imine (C=N–C) groups is 3. The van der Waals surface area contributed by atoms with Crippen LogP contribution >= 0.6 is 15.9 Å². The Kier molecular flexibility index (Phi) is 7.23. The second-order valence-electron chi connectivity index (χ2n) is 7.40. The number of amidine groups is 1. The highest BCUT2D eigenvalue weighted by Gasteiger charge is 2.34. The molecule has 1 N–H and O–H groups in total. The van der Waals surface area contributed by atoms with E-state index in [0.717, 1.165) is 47.2 Å². The normalized spacial score (nSPS) is 18.4. The largest absolute Gasteiger partial charge is 0.369 e. The highest BCUT2D eigenvalue weighted by Crippen LogP contribution is 2.32. The van der Waals surface area contributed by atoms with Crippen LogP contribution in [0.4, 0.5) is 0 Å². The summed E-state index contributed by atoms with van der Waals surface area (Å²) in [6, 6.07) is 10.0. The summed E-state index contributed by atoms with van der Waals surface area (Å²) in [6.07, 6.45) is 5.54. The fourth-order valence-electron chi connectivity index (χ4n) is 3.08. The van der Waals surface area contributed by atoms with Crippen molar-refractivity contribution < 1.29 is 0 Å². The van der Waals surface area contributed by atoms with Gasteiger partial charge in [0.1, 0.15) is 6.17 Å². The number of nitrogens with one attached hydrogen (secondary N) is 1. The Morgan fingerprint density at radius 1 is 1.34 bits per heavy atom. The van der Waals surface area contributed by atoms with Crippen molar-refractivity contribution in [3.05, 3.63) is 40.4 Å². The number of hydrogen-bond acceptors (Lipinski definition) is 6. The van der Waals surface area contributed by atoms with E-state index in [9.17, 15) is 0 Å². The maximum atomic E-state index is 8.92. The van der Waals surface area contributed by atoms with E-state index in [1.165, 1.54) is 0 Å². The Morgan fingerprint density at radius 2 is 2.10 bits per heavy atom. The Hall–Kier alpha value is -2.44. The molecule has 0 fully saturated rings. The molecule has 2 aliphatic rings. The van der Waals surface area contributed by atoms with Crippen LogP contribution in [0.15, 0.2) is 49.8 Å². The van der Waals surface area contributed by atoms with Gasteiger partial charge in [-0.2, -0.15) is 0 Å². The number of halogens is 1. The van der Waals surface area contributed by atoms with E-state index in [0.29, 0.717) is 5.96 Å². The summed E-state index contributed by atoms with van der Waals surface area (Å²) in [6.45, 7) is 2.07. The van der Waals surface area contributed by atoms with E-state index in [4.69, 9.17) is 15.2 Å². The van der Waals surface area contributed by atoms with Crippen molar-refractivity contribution in [2.75, 3.05) is 14.1 Å². The van der Waals surface area contributed by atoms with Gasteiger partial charge < -0.3 is 4.90 Å². The number of fused-ring (bicyclic) bond motifs is 1. The molecule has 0 amide bonds. The zero-order valence-corrected chi connectivity index (χ0v) is 18.6. The van der Waals surface area contributed by atoms with Gasteiger partial charge in [-0.1, -0.05) is 56.3 Å². The number of unbranched alkanes of at least 4 members (excludes halogenated alkanes) is 1. The lowest BCUT2D eigenvalue weighted by atomic mass is 9.51. The topological polar surface area (TPSA) is 79.4 Å². The third-order valence-electron chi connectivity index (χ3n) is 4.62. The number of guanidine groups is 1. The molecule has 0 spiro atoms. The van der Waals surface area contributed by atoms with E-state index < -0.39 is 0 Å². The average Bonchev–Trinajstić information content (AvgIpc) is 3.16. The molecule has 2 aliphatic heterocycles. The lowest BCUT2D eigenvalue weighted by molar-refractivity contribution is 0.384. The Labute approximate surface area is 181 Å². The Balaban J connectivity index is 1.81. The molecule has 1 unspecified atom stereocenters. The number of hydrogen-bond donors (Lipinski definition) is 1. The zero-order valence-electron chi connectivity index (χ0n) is 17.0. The van der Waals surface area contributed by atoms with Gasteiger partial charge in [0.05, 0.1) is 16.5 Å². The van der Waals surface area contributed by atoms with Crippen LogP contribution in [0.3, 0.4) is 0 Å². The van der Waals surface area contributed by atoms with Crippen molar-refractivity contribution in [2.45, 2.75) is 38.6 Å². The standard InChI is InChI=1S/C20H25BBrN7/c1-21(13-23)12-8-7-11-16-25-19-17(22)18(15-9-5-4-6-10-15)26-20(29(19)27-16)24-14-28(2)3/h4-6,9-10,14,16,27H,7-8,11-12H2,1-3H3/b24-14+. The van der Waals surface area contributed by atoms with Crippen LogP contribution in [-0.4, -0.2) is 55.0 Å². The first-order valence-corrected chi connectivity index (χ1v) is 10.6. The van der Waals surface area contributed by atoms with E-state index in [1.54, 1.807) is 6.34 Å². The van der Waals surface area contributed by atoms with Gasteiger partial charge in [0.15, 0.2) is 5.84 Å². The van der Waals surface area contributed by atoms with Crippen molar-refractivity contribution in [1.29, 1.82) is 5.26 Å². The third kappa shape index (κ3) is 5.34. The van der Waals surface area contributed by atoms with Crippen molar-refractivity contribution >= 4 is 46.5 Å². The maximum absolute atomic E-state index is 8.92. The summed E-state index contributed by atoms with van der Waals surface area (Å²) in [4.78, 5) is 16.1. The minimum Gasteiger partial charge on any atom is -0.369 e. The molecule has 1 aromatic rings. The van der Waals surface area contributed by atoms with Crippen LogP contribution in [0.25, 0.3) is 5.70 Å². The van der Waals surface area contributed by atoms with Crippen LogP contribution in [0.1, 0.15) is 24.8 Å². The number of rotatable bonds is 7. The molecule has 7 nitrogen and oxygen atoms in total. The number of nitrogens with zero attached hydrogens (tertiary/aromatic N) is 6. The molecular weight excluding hydrogens is 429 g/mol. The van der Waals surface area contributed by atoms with Gasteiger partial charge in [-0.25, -0.2) is 30.7 Å². The molecule has 0 aliphatic carbocycles. The number of hydrazine groups is 1. The summed E-state index contributed by atoms with van der Waals surface area (Å²) in [5.41, 5.74) is 5.23. The van der Waals surface area contributed by atoms with Crippen LogP contribution in [0, 0.1) is 11.2 Å². The summed E-state index contributed by atoms with van der Waals surface area (Å²) < 4.78 is 0.848. The summed E-state index contributed by atoms with van der Waals surface area (Å²) in [7, 11) is 3.85. The first-order valence-electron chi connectivity index (χ1n) is 9.78. The summed E-state index contributed by atoms with van der Waals surface area (Å²) >= 11 is 3.71. The highest BCUT2D eigenvalue weighted by atomic mass is 79.9. The Bertz CT molecular complexity index is 886. The minimum absolute atomic E-state index is 0.0372. The van der Waals surface area contributed by atoms with Gasteiger partial charge in [0.25, 0.3) is 6.71 Å². The second kappa shape index (κ2) is 9.85. The summed E-state index contributed by atoms with van der Waals surface area (Å²) in [5, 5.41) is 10.8. The van der Waals surface area contributed by atoms with E-state index in [1.807, 2.05) is 61.2 Å². The first kappa shape index (κ1) is 21.3. The molecular formula is C20H25BBrN7. The summed E-state index contributed by atoms with van der Waals surface area (Å²) in [5.74, 6) is 3.64. The van der Waals surface area contributed by atoms with Gasteiger partial charge in [0, 0.05) is 25.6 Å². The Morgan fingerprint density at radius 3 is 2.79 bits per heavy atom. The molecule has 2 heterocycles. The molecule has 0 radical (unpaired) electrons. The van der Waals surface area contributed by atoms with Crippen LogP contribution in [0.5, 0.6) is 0 Å². The van der Waals surface area contributed by atoms with Crippen LogP contribution < -0.4 is 5.43 Å². The van der Waals surface area contributed by atoms with Crippen molar-refractivity contribution in [3.8, 4) is 5.97 Å². The highest BCUT2D eigenvalue weighted by molar-refractivity contribution is 9.12. The minimum atomic E-state index is -0.0372. The number of nitriles is 1. The first-order chi connectivity index (χ1) is 14.0. The lowest BCUT2D eigenvalue weighted by Crippen LogP contribution is -2.46. The van der Waals surface area contributed by atoms with E-state index >= 15 is 0 Å². The second-order valence-corrected chi connectivity index (χ2v) is 8.19. The predicted octanol–water partition coefficient (Wildman–Crippen LogP) is 3.61. The SMILES string of the molecule is CB(C#N)CCCCC1N=C2C(Br)=C(c3ccccc3)N=C(/N=C/N(C)C)N2N1. The third-order valence-corrected chi connectivity index (χ3v) is 5.35. The lowest BCUT2D eigenvalue weighted by Gasteiger charge is -2.25. The van der Waals surface area contributed by atoms with E-state index in [-0.39, 0.29) is 12.9 Å². The van der Waals surface area contributed by atoms with Gasteiger partial charge in [-0.15, -0.1) is 0 Å². The maximum Gasteiger partial charge on any atom is 0.264 e. The molecule has 0 saturated heterocycles. The molecule has 0 bridgehead atoms. The zero-order chi connectivity index (χ0) is 20.8. The van der Waals surface area contributed by atoms with Crippen LogP contribution in [-0.2, 0) is 0 Å². The molecule has 29 heavy (non-hydrogen) atoms. The van der Waals surface area contributed by atoms with Crippen molar-refractivity contribution in [2.24, 2.45) is 15.0 Å². The van der Waals surface area contributed by atoms with Gasteiger partial charge in [0.2, 0.25) is 5.96 Å². The molecule has 1 aromatic carbocycles. The molecule has 0 aromatic heterocycles. The monoisotopic (exact) mass is 453 g/mol. The van der Waals surface area contributed by atoms with Crippen LogP contribution in [0.2, 0.25) is 13.1 Å². The smallest absolute Gasteiger partial charge is 0.264 e. The predicted molar refractivity (Wildman–Crippen MR) is 124 cm³/mol. The molecule has 9 heteroatoms. The average molecular weight is 454 g/mol. The van der Waals surface area contributed by atoms with Gasteiger partial charge >= 0.3 is 0 Å². The number of benzene rings is 1. The molecule has 150 valence electrons. The quantitative estimate of drug-likeness (QED) is 0.296. The van der Waals surface area contributed by atoms with Crippen molar-refractivity contribution in [1.82, 2.24) is 15.3 Å². The molecule has 3 rings (SSSR count). The molecule has 1 atom stereocenters. The van der Waals surface area contributed by atoms with Gasteiger partial charge in [-0.3, -0.25) is 0 Å². The van der Waals surface area contributed by atoms with Crippen molar-refractivity contribution in [3.63, 3.8) is 0 Å².